The summed E-state index contributed by atoms with van der Waals surface area (Å²) in [6.07, 6.45) is 0. The molecule has 0 radical (unpaired) electrons. The van der Waals surface area contributed by atoms with Crippen LogP contribution in [-0.4, -0.2) is 0 Å². The average Bonchev–Trinajstić information content (AvgIpc) is 0.789. The number of aromatic nitrogens is 5. The van der Waals surface area contributed by atoms with Crippen molar-refractivity contribution < 1.29 is 39.3 Å². The minimum Gasteiger partial charge on any atom is -0.198 e. The Balaban J connectivity index is 0.000000195. The first kappa shape index (κ1) is 51.1. The van der Waals surface area contributed by atoms with E-state index in [9.17, 15) is 0 Å². The number of benzene rings is 5. The molecule has 0 atom stereocenters. The van der Waals surface area contributed by atoms with E-state index in [1.165, 1.54) is 106 Å². The quantitative estimate of drug-likeness (QED) is 0.153. The molecule has 10 aromatic rings. The second-order valence-electron chi connectivity index (χ2n) is 23.5. The molecule has 0 saturated heterocycles. The fraction of sp³-hybridized carbons (Fsp3) is 0.321. The van der Waals surface area contributed by atoms with Gasteiger partial charge in [0.2, 0.25) is 28.5 Å². The first-order chi connectivity index (χ1) is 45.3. The molecule has 0 unspecified atom stereocenters. The van der Waals surface area contributed by atoms with Crippen LogP contribution in [0.3, 0.4) is 0 Å². The number of rotatable bonds is 5. The lowest BCUT2D eigenvalue weighted by molar-refractivity contribution is -0.667. The zero-order valence-electron chi connectivity index (χ0n) is 67.6. The van der Waals surface area contributed by atoms with E-state index in [-0.39, 0.29) is 0 Å². The maximum absolute atomic E-state index is 7.64. The lowest BCUT2D eigenvalue weighted by Gasteiger charge is -2.12. The van der Waals surface area contributed by atoms with Gasteiger partial charge in [-0.1, -0.05) is 71.8 Å². The summed E-state index contributed by atoms with van der Waals surface area (Å²) in [6.45, 7) is 26.8. The Labute approximate surface area is 536 Å². The molecule has 5 aromatic heterocycles. The number of nitrogens with zero attached hydrogens (tertiary/aromatic N) is 5. The highest BCUT2D eigenvalue weighted by atomic mass is 15.0. The average molecular weight is 1160 g/mol. The predicted octanol–water partition coefficient (Wildman–Crippen LogP) is 17.4. The first-order valence-corrected chi connectivity index (χ1v) is 29.7. The molecular formula is C81H102N5+5. The van der Waals surface area contributed by atoms with E-state index in [0.717, 1.165) is 28.1 Å². The lowest BCUT2D eigenvalue weighted by Crippen LogP contribution is -2.36. The number of hydrogen-bond acceptors (Lipinski definition) is 0. The molecule has 446 valence electrons. The van der Waals surface area contributed by atoms with E-state index in [1.807, 2.05) is 24.6 Å². The molecule has 0 aliphatic carbocycles. The monoisotopic (exact) mass is 1160 g/mol. The van der Waals surface area contributed by atoms with Crippen molar-refractivity contribution in [2.45, 2.75) is 145 Å². The summed E-state index contributed by atoms with van der Waals surface area (Å²) in [5.74, 6) is 0. The standard InChI is InChI=1S/C17H22N.4C16H20N/c1-11-8-7-9-16(14(11)4)17-15(5)12(2)10-13(3)18(17)6;2*1-11-6-8-15(13(3)10-11)16-9-7-12(2)14(4)17(16)5;2*1-11-7-6-8-15(13(11)3)16-10-9-12(2)14(4)17(16)5/h7-10H,1-6H3;4*6-10H,1-5H3/q5*+1/i;1D3,2D3;;1D3,2D3;. The van der Waals surface area contributed by atoms with E-state index in [4.69, 9.17) is 16.4 Å². The second kappa shape index (κ2) is 28.8. The Bertz CT molecular complexity index is 4560. The van der Waals surface area contributed by atoms with Crippen molar-refractivity contribution in [1.82, 2.24) is 0 Å². The second-order valence-corrected chi connectivity index (χ2v) is 23.5. The fourth-order valence-electron chi connectivity index (χ4n) is 10.9. The van der Waals surface area contributed by atoms with Crippen LogP contribution >= 0.6 is 0 Å². The molecule has 0 N–H and O–H groups in total. The number of pyridine rings is 5. The Morgan fingerprint density at radius 3 is 1.01 bits per heavy atom. The van der Waals surface area contributed by atoms with E-state index in [0.29, 0.717) is 39.2 Å². The molecule has 5 nitrogen and oxygen atoms in total. The maximum atomic E-state index is 7.64. The molecule has 0 bridgehead atoms. The molecule has 5 heteroatoms. The SMILES string of the molecule is Cc1ccc(-c2ccc(C)c(C)[n+]2C)c(C)c1.Cc1cccc(-c2c(C)c(C)cc(C)[n+]2C)c1C.Cc1cccc(-c2ccc(C)c(C)[n+]2C)c1C.[2H]C([2H])([2H])c1ccc(-c2ccc(C([2H])([2H])[2H])c(C)[n+]2C)c(C)c1.[2H]C([2H])([2H])c1cccc(-c2ccc(C([2H])([2H])[2H])c(C)[n+]2C)c1C. The van der Waals surface area contributed by atoms with Crippen LogP contribution in [0.25, 0.3) is 56.3 Å². The van der Waals surface area contributed by atoms with Crippen LogP contribution in [0.1, 0.15) is 134 Å². The van der Waals surface area contributed by atoms with Crippen molar-refractivity contribution in [2.24, 2.45) is 35.2 Å². The van der Waals surface area contributed by atoms with Gasteiger partial charge in [0.15, 0.2) is 28.5 Å². The van der Waals surface area contributed by atoms with Gasteiger partial charge in [-0.2, -0.15) is 22.8 Å². The molecule has 0 aliphatic rings. The molecule has 0 saturated carbocycles. The Morgan fingerprint density at radius 2 is 0.593 bits per heavy atom. The van der Waals surface area contributed by atoms with E-state index < -0.39 is 27.4 Å². The molecule has 86 heavy (non-hydrogen) atoms. The predicted molar refractivity (Wildman–Crippen MR) is 365 cm³/mol. The van der Waals surface area contributed by atoms with Crippen LogP contribution in [0.2, 0.25) is 0 Å². The van der Waals surface area contributed by atoms with Crippen molar-refractivity contribution in [3.63, 3.8) is 0 Å². The summed E-state index contributed by atoms with van der Waals surface area (Å²) in [6, 6.07) is 47.7. The molecule has 5 aromatic carbocycles. The van der Waals surface area contributed by atoms with Gasteiger partial charge < -0.3 is 0 Å². The molecule has 0 aliphatic heterocycles. The zero-order chi connectivity index (χ0) is 73.8. The molecule has 5 heterocycles. The zero-order valence-corrected chi connectivity index (χ0v) is 55.6. The van der Waals surface area contributed by atoms with Gasteiger partial charge >= 0.3 is 0 Å². The van der Waals surface area contributed by atoms with Gasteiger partial charge in [0.25, 0.3) is 0 Å². The van der Waals surface area contributed by atoms with E-state index in [2.05, 4.69) is 210 Å². The Morgan fingerprint density at radius 1 is 0.244 bits per heavy atom. The van der Waals surface area contributed by atoms with Gasteiger partial charge in [0.1, 0.15) is 35.2 Å². The third-order valence-electron chi connectivity index (χ3n) is 17.9. The third-order valence-corrected chi connectivity index (χ3v) is 17.9. The summed E-state index contributed by atoms with van der Waals surface area (Å²) in [5, 5.41) is 0. The largest absolute Gasteiger partial charge is 0.215 e. The van der Waals surface area contributed by atoms with Crippen LogP contribution in [0.4, 0.5) is 0 Å². The molecule has 0 amide bonds. The minimum atomic E-state index is -2.17. The van der Waals surface area contributed by atoms with Crippen molar-refractivity contribution >= 4 is 0 Å². The van der Waals surface area contributed by atoms with Crippen molar-refractivity contribution in [2.75, 3.05) is 0 Å². The Kier molecular flexibility index (Phi) is 17.1. The van der Waals surface area contributed by atoms with Gasteiger partial charge in [-0.15, -0.1) is 0 Å². The van der Waals surface area contributed by atoms with Crippen LogP contribution in [0, 0.1) is 145 Å². The molecule has 10 rings (SSSR count). The topological polar surface area (TPSA) is 19.4 Å². The summed E-state index contributed by atoms with van der Waals surface area (Å²) in [4.78, 5) is 0. The summed E-state index contributed by atoms with van der Waals surface area (Å²) in [5.41, 5.74) is 32.8. The van der Waals surface area contributed by atoms with Gasteiger partial charge in [0.05, 0.1) is 0 Å². The molecule has 0 spiro atoms. The number of hydrogen-bond donors (Lipinski definition) is 0. The smallest absolute Gasteiger partial charge is 0.198 e. The lowest BCUT2D eigenvalue weighted by atomic mass is 9.95. The van der Waals surface area contributed by atoms with Gasteiger partial charge in [-0.25, -0.2) is 0 Å². The summed E-state index contributed by atoms with van der Waals surface area (Å²) in [7, 11) is 10.0. The highest BCUT2D eigenvalue weighted by molar-refractivity contribution is 5.68. The number of aryl methyl sites for hydroxylation is 13. The molecule has 0 fully saturated rings. The summed E-state index contributed by atoms with van der Waals surface area (Å²) < 4.78 is 101. The van der Waals surface area contributed by atoms with Crippen molar-refractivity contribution in [3.8, 4) is 56.3 Å². The van der Waals surface area contributed by atoms with Gasteiger partial charge in [-0.05, 0) is 215 Å². The van der Waals surface area contributed by atoms with Crippen LogP contribution in [-0.2, 0) is 35.2 Å². The third kappa shape index (κ3) is 15.1. The van der Waals surface area contributed by atoms with Crippen LogP contribution < -0.4 is 22.8 Å². The van der Waals surface area contributed by atoms with Gasteiger partial charge in [-0.3, -0.25) is 0 Å². The maximum Gasteiger partial charge on any atom is 0.215 e. The van der Waals surface area contributed by atoms with E-state index >= 15 is 0 Å². The first-order valence-electron chi connectivity index (χ1n) is 35.7. The van der Waals surface area contributed by atoms with Crippen molar-refractivity contribution in [3.05, 3.63) is 263 Å². The van der Waals surface area contributed by atoms with Crippen molar-refractivity contribution in [1.29, 1.82) is 0 Å². The fourth-order valence-corrected chi connectivity index (χ4v) is 10.9. The summed E-state index contributed by atoms with van der Waals surface area (Å²) >= 11 is 0. The van der Waals surface area contributed by atoms with Crippen LogP contribution in [0.5, 0.6) is 0 Å². The normalized spacial score (nSPS) is 13.3. The van der Waals surface area contributed by atoms with E-state index in [1.54, 1.807) is 87.0 Å². The highest BCUT2D eigenvalue weighted by Crippen LogP contribution is 2.29. The Hall–Kier alpha value is -8.15. The minimum absolute atomic E-state index is 0.299. The van der Waals surface area contributed by atoms with Crippen LogP contribution in [0.15, 0.2) is 146 Å². The van der Waals surface area contributed by atoms with Gasteiger partial charge in [0, 0.05) is 137 Å². The molecular weight excluding hydrogens is 1040 g/mol. The highest BCUT2D eigenvalue weighted by Gasteiger charge is 2.22.